The summed E-state index contributed by atoms with van der Waals surface area (Å²) in [4.78, 5) is 27.0. The number of fused-ring (bicyclic) bond motifs is 1. The number of aromatic hydroxyl groups is 1. The highest BCUT2D eigenvalue weighted by Crippen LogP contribution is 2.35. The van der Waals surface area contributed by atoms with Crippen LogP contribution in [0.1, 0.15) is 42.7 Å². The van der Waals surface area contributed by atoms with Gasteiger partial charge in [-0.05, 0) is 56.4 Å². The van der Waals surface area contributed by atoms with Crippen LogP contribution in [0.3, 0.4) is 0 Å². The predicted octanol–water partition coefficient (Wildman–Crippen LogP) is 7.13. The van der Waals surface area contributed by atoms with Crippen LogP contribution < -0.4 is 9.77 Å². The van der Waals surface area contributed by atoms with E-state index in [-0.39, 0.29) is 10.8 Å². The van der Waals surface area contributed by atoms with Crippen molar-refractivity contribution >= 4 is 40.4 Å². The van der Waals surface area contributed by atoms with E-state index in [9.17, 15) is 9.90 Å². The molecule has 5 rings (SSSR count). The number of nitrogens with zero attached hydrogens (tertiary/aromatic N) is 3. The van der Waals surface area contributed by atoms with Crippen molar-refractivity contribution in [2.24, 2.45) is 0 Å². The van der Waals surface area contributed by atoms with Gasteiger partial charge < -0.3 is 10.0 Å². The second-order valence-electron chi connectivity index (χ2n) is 9.25. The fraction of sp³-hybridized carbons (Fsp3) is 0.321. The number of aromatic amines is 1. The SMILES string of the molecule is O=c1[nH]c(O)c(CCCCCCN2CCCc3nc(-c4ccc(Cl)cc4)c(-c4ccc(Cl)cc4)nc32)s1. The van der Waals surface area contributed by atoms with Crippen LogP contribution >= 0.6 is 34.5 Å². The number of hydrogen-bond acceptors (Lipinski definition) is 6. The molecule has 9 heteroatoms. The second kappa shape index (κ2) is 11.7. The summed E-state index contributed by atoms with van der Waals surface area (Å²) in [6, 6.07) is 15.5. The van der Waals surface area contributed by atoms with E-state index in [1.807, 2.05) is 48.5 Å². The number of hydrogen-bond donors (Lipinski definition) is 2. The Labute approximate surface area is 230 Å². The van der Waals surface area contributed by atoms with Gasteiger partial charge >= 0.3 is 4.87 Å². The summed E-state index contributed by atoms with van der Waals surface area (Å²) in [7, 11) is 0. The third kappa shape index (κ3) is 6.17. The normalized spacial score (nSPS) is 13.1. The van der Waals surface area contributed by atoms with Gasteiger partial charge in [-0.1, -0.05) is 71.6 Å². The van der Waals surface area contributed by atoms with Crippen molar-refractivity contribution in [3.05, 3.63) is 78.8 Å². The molecule has 0 unspecified atom stereocenters. The molecular formula is C28H28Cl2N4O2S. The van der Waals surface area contributed by atoms with Crippen molar-refractivity contribution in [2.75, 3.05) is 18.0 Å². The monoisotopic (exact) mass is 554 g/mol. The molecule has 2 aromatic heterocycles. The van der Waals surface area contributed by atoms with Crippen LogP contribution in [0.25, 0.3) is 22.5 Å². The topological polar surface area (TPSA) is 82.1 Å². The number of aryl methyl sites for hydroxylation is 2. The van der Waals surface area contributed by atoms with Crippen LogP contribution in [0.5, 0.6) is 5.88 Å². The largest absolute Gasteiger partial charge is 0.494 e. The Morgan fingerprint density at radius 3 is 2.14 bits per heavy atom. The molecule has 37 heavy (non-hydrogen) atoms. The van der Waals surface area contributed by atoms with E-state index < -0.39 is 0 Å². The maximum absolute atomic E-state index is 11.3. The van der Waals surface area contributed by atoms with Gasteiger partial charge in [-0.3, -0.25) is 9.78 Å². The zero-order valence-electron chi connectivity index (χ0n) is 20.3. The summed E-state index contributed by atoms with van der Waals surface area (Å²) in [5, 5.41) is 11.1. The lowest BCUT2D eigenvalue weighted by molar-refractivity contribution is 0.448. The fourth-order valence-electron chi connectivity index (χ4n) is 4.72. The van der Waals surface area contributed by atoms with Gasteiger partial charge in [-0.25, -0.2) is 9.97 Å². The van der Waals surface area contributed by atoms with Crippen LogP contribution in [-0.2, 0) is 12.8 Å². The van der Waals surface area contributed by atoms with E-state index in [1.165, 1.54) is 0 Å². The first kappa shape index (κ1) is 25.8. The van der Waals surface area contributed by atoms with Crippen molar-refractivity contribution in [1.82, 2.24) is 15.0 Å². The Kier molecular flexibility index (Phi) is 8.13. The molecule has 0 saturated heterocycles. The quantitative estimate of drug-likeness (QED) is 0.215. The lowest BCUT2D eigenvalue weighted by Gasteiger charge is -2.30. The minimum atomic E-state index is -0.199. The first-order chi connectivity index (χ1) is 18.0. The Bertz CT molecular complexity index is 1420. The molecule has 0 saturated carbocycles. The molecule has 1 aliphatic rings. The number of benzene rings is 2. The molecule has 0 radical (unpaired) electrons. The van der Waals surface area contributed by atoms with E-state index >= 15 is 0 Å². The van der Waals surface area contributed by atoms with Crippen LogP contribution in [0, 0.1) is 0 Å². The molecule has 0 amide bonds. The molecule has 6 nitrogen and oxygen atoms in total. The molecule has 0 bridgehead atoms. The molecule has 1 aliphatic heterocycles. The molecule has 2 aromatic carbocycles. The number of nitrogens with one attached hydrogen (secondary N) is 1. The minimum absolute atomic E-state index is 0.0213. The van der Waals surface area contributed by atoms with Gasteiger partial charge in [0.15, 0.2) is 5.82 Å². The Hall–Kier alpha value is -2.87. The van der Waals surface area contributed by atoms with E-state index in [0.29, 0.717) is 10.0 Å². The van der Waals surface area contributed by atoms with E-state index in [0.717, 1.165) is 108 Å². The average Bonchev–Trinajstić information content (AvgIpc) is 3.22. The highest BCUT2D eigenvalue weighted by molar-refractivity contribution is 7.09. The second-order valence-corrected chi connectivity index (χ2v) is 11.2. The third-order valence-corrected chi connectivity index (χ3v) is 8.04. The molecule has 0 aliphatic carbocycles. The maximum Gasteiger partial charge on any atom is 0.307 e. The summed E-state index contributed by atoms with van der Waals surface area (Å²) in [6.07, 6.45) is 6.80. The molecule has 3 heterocycles. The Morgan fingerprint density at radius 1 is 0.892 bits per heavy atom. The van der Waals surface area contributed by atoms with Gasteiger partial charge in [-0.15, -0.1) is 0 Å². The summed E-state index contributed by atoms with van der Waals surface area (Å²) in [5.74, 6) is 0.990. The van der Waals surface area contributed by atoms with Gasteiger partial charge in [0.25, 0.3) is 0 Å². The summed E-state index contributed by atoms with van der Waals surface area (Å²) < 4.78 is 0. The molecule has 0 fully saturated rings. The molecule has 192 valence electrons. The van der Waals surface area contributed by atoms with E-state index in [1.54, 1.807) is 0 Å². The number of H-pyrrole nitrogens is 1. The number of unbranched alkanes of at least 4 members (excludes halogenated alkanes) is 3. The zero-order chi connectivity index (χ0) is 25.8. The molecule has 0 atom stereocenters. The summed E-state index contributed by atoms with van der Waals surface area (Å²) in [5.41, 5.74) is 4.70. The Morgan fingerprint density at radius 2 is 1.51 bits per heavy atom. The molecule has 0 spiro atoms. The number of rotatable bonds is 9. The first-order valence-electron chi connectivity index (χ1n) is 12.6. The minimum Gasteiger partial charge on any atom is -0.494 e. The van der Waals surface area contributed by atoms with E-state index in [4.69, 9.17) is 33.2 Å². The third-order valence-electron chi connectivity index (χ3n) is 6.61. The molecular weight excluding hydrogens is 527 g/mol. The lowest BCUT2D eigenvalue weighted by atomic mass is 10.0. The van der Waals surface area contributed by atoms with Crippen molar-refractivity contribution in [1.29, 1.82) is 0 Å². The predicted molar refractivity (Wildman–Crippen MR) is 152 cm³/mol. The van der Waals surface area contributed by atoms with Gasteiger partial charge in [0.2, 0.25) is 5.88 Å². The number of halogens is 2. The van der Waals surface area contributed by atoms with Gasteiger partial charge in [-0.2, -0.15) is 0 Å². The highest BCUT2D eigenvalue weighted by Gasteiger charge is 2.23. The smallest absolute Gasteiger partial charge is 0.307 e. The van der Waals surface area contributed by atoms with Gasteiger partial charge in [0.05, 0.1) is 22.0 Å². The van der Waals surface area contributed by atoms with Gasteiger partial charge in [0.1, 0.15) is 0 Å². The number of thiazole rings is 1. The van der Waals surface area contributed by atoms with Crippen LogP contribution in [0.15, 0.2) is 53.3 Å². The first-order valence-corrected chi connectivity index (χ1v) is 14.1. The molecule has 4 aromatic rings. The fourth-order valence-corrected chi connectivity index (χ4v) is 5.74. The van der Waals surface area contributed by atoms with Crippen LogP contribution in [0.4, 0.5) is 5.82 Å². The number of aromatic nitrogens is 3. The van der Waals surface area contributed by atoms with Crippen molar-refractivity contribution < 1.29 is 5.11 Å². The van der Waals surface area contributed by atoms with Crippen LogP contribution in [-0.4, -0.2) is 33.1 Å². The van der Waals surface area contributed by atoms with Crippen molar-refractivity contribution in [3.63, 3.8) is 0 Å². The highest BCUT2D eigenvalue weighted by atomic mass is 35.5. The summed E-state index contributed by atoms with van der Waals surface area (Å²) in [6.45, 7) is 1.89. The van der Waals surface area contributed by atoms with E-state index in [2.05, 4.69) is 9.88 Å². The van der Waals surface area contributed by atoms with Crippen LogP contribution in [0.2, 0.25) is 10.0 Å². The van der Waals surface area contributed by atoms with Crippen molar-refractivity contribution in [3.8, 4) is 28.4 Å². The number of anilines is 1. The standard InChI is InChI=1S/C28H28Cl2N4O2S/c29-20-12-8-18(9-13-20)24-25(19-10-14-21(30)15-11-19)32-26-22(31-24)6-5-17-34(26)16-4-2-1-3-7-23-27(35)33-28(36)37-23/h8-15,35H,1-7,16-17H2,(H,33,36). The average molecular weight is 556 g/mol. The maximum atomic E-state index is 11.3. The van der Waals surface area contributed by atoms with Gasteiger partial charge in [0, 0.05) is 34.3 Å². The Balaban J connectivity index is 1.32. The zero-order valence-corrected chi connectivity index (χ0v) is 22.7. The lowest BCUT2D eigenvalue weighted by Crippen LogP contribution is -2.32. The van der Waals surface area contributed by atoms with Crippen molar-refractivity contribution in [2.45, 2.75) is 44.9 Å². The summed E-state index contributed by atoms with van der Waals surface area (Å²) >= 11 is 13.4. The molecule has 2 N–H and O–H groups in total.